The number of hydrogen-bond acceptors (Lipinski definition) is 3. The van der Waals surface area contributed by atoms with Crippen LogP contribution in [0.3, 0.4) is 0 Å². The van der Waals surface area contributed by atoms with E-state index in [1.54, 1.807) is 24.4 Å². The van der Waals surface area contributed by atoms with Crippen molar-refractivity contribution in [3.8, 4) is 5.75 Å². The molecule has 0 bridgehead atoms. The van der Waals surface area contributed by atoms with Gasteiger partial charge in [-0.15, -0.1) is 0 Å². The molecule has 1 fully saturated rings. The quantitative estimate of drug-likeness (QED) is 0.326. The molecule has 0 aliphatic carbocycles. The molecule has 3 N–H and O–H groups in total. The Hall–Kier alpha value is -1.84. The molecule has 0 spiro atoms. The van der Waals surface area contributed by atoms with Gasteiger partial charge in [0.25, 0.3) is 0 Å². The van der Waals surface area contributed by atoms with Gasteiger partial charge in [0.1, 0.15) is 5.75 Å². The Morgan fingerprint density at radius 3 is 2.64 bits per heavy atom. The van der Waals surface area contributed by atoms with Crippen molar-refractivity contribution in [3.05, 3.63) is 73.8 Å². The Morgan fingerprint density at radius 2 is 2.00 bits per heavy atom. The maximum atomic E-state index is 10.6. The molecule has 2 atom stereocenters. The highest BCUT2D eigenvalue weighted by Gasteiger charge is 2.43. The number of anilines is 1. The molecule has 1 saturated heterocycles. The molecule has 0 unspecified atom stereocenters. The van der Waals surface area contributed by atoms with Crippen molar-refractivity contribution in [3.63, 3.8) is 0 Å². The van der Waals surface area contributed by atoms with Crippen molar-refractivity contribution >= 4 is 57.2 Å². The first-order valence-corrected chi connectivity index (χ1v) is 10.6. The number of aromatic hydroxyl groups is 1. The fourth-order valence-electron chi connectivity index (χ4n) is 3.72. The summed E-state index contributed by atoms with van der Waals surface area (Å²) >= 11 is 14.3. The molecule has 28 heavy (non-hydrogen) atoms. The van der Waals surface area contributed by atoms with Crippen LogP contribution in [0.5, 0.6) is 5.75 Å². The first kappa shape index (κ1) is 19.5. The van der Waals surface area contributed by atoms with E-state index in [0.717, 1.165) is 26.2 Å². The first-order chi connectivity index (χ1) is 13.4. The molecule has 4 rings (SSSR count). The molecule has 3 aromatic rings. The van der Waals surface area contributed by atoms with Gasteiger partial charge in [-0.1, -0.05) is 17.7 Å². The smallest absolute Gasteiger partial charge is 0.174 e. The van der Waals surface area contributed by atoms with Crippen LogP contribution < -0.4 is 10.2 Å². The number of benzene rings is 1. The van der Waals surface area contributed by atoms with Crippen LogP contribution in [0.1, 0.15) is 34.7 Å². The van der Waals surface area contributed by atoms with Crippen LogP contribution in [0.4, 0.5) is 5.69 Å². The van der Waals surface area contributed by atoms with E-state index in [0.29, 0.717) is 15.8 Å². The summed E-state index contributed by atoms with van der Waals surface area (Å²) in [6, 6.07) is 10.5. The van der Waals surface area contributed by atoms with E-state index in [1.807, 2.05) is 23.1 Å². The zero-order chi connectivity index (χ0) is 20.0. The second kappa shape index (κ2) is 7.53. The van der Waals surface area contributed by atoms with Gasteiger partial charge in [-0.3, -0.25) is 4.98 Å². The minimum Gasteiger partial charge on any atom is -0.506 e. The van der Waals surface area contributed by atoms with Crippen LogP contribution in [0.25, 0.3) is 0 Å². The molecule has 0 radical (unpaired) electrons. The van der Waals surface area contributed by atoms with Crippen molar-refractivity contribution in [1.29, 1.82) is 0 Å². The van der Waals surface area contributed by atoms with Gasteiger partial charge in [0, 0.05) is 31.7 Å². The number of rotatable bonds is 3. The number of phenolic OH excluding ortho intramolecular Hbond substituents is 1. The Balaban J connectivity index is 1.94. The number of aromatic nitrogens is 2. The number of aryl methyl sites for hydroxylation is 2. The van der Waals surface area contributed by atoms with Crippen molar-refractivity contribution in [2.24, 2.45) is 0 Å². The molecule has 8 heteroatoms. The average molecular weight is 525 g/mol. The highest BCUT2D eigenvalue weighted by Crippen LogP contribution is 2.47. The van der Waals surface area contributed by atoms with Crippen LogP contribution in [0.2, 0.25) is 5.02 Å². The minimum absolute atomic E-state index is 0.125. The van der Waals surface area contributed by atoms with Crippen molar-refractivity contribution in [2.75, 3.05) is 4.90 Å². The number of phenols is 1. The average Bonchev–Trinajstić information content (AvgIpc) is 3.13. The van der Waals surface area contributed by atoms with Crippen LogP contribution in [0, 0.1) is 17.4 Å². The summed E-state index contributed by atoms with van der Waals surface area (Å²) in [5.41, 5.74) is 4.74. The number of pyridine rings is 1. The van der Waals surface area contributed by atoms with Crippen LogP contribution >= 0.6 is 46.4 Å². The predicted molar refractivity (Wildman–Crippen MR) is 124 cm³/mol. The molecule has 5 nitrogen and oxygen atoms in total. The van der Waals surface area contributed by atoms with E-state index in [2.05, 4.69) is 51.7 Å². The lowest BCUT2D eigenvalue weighted by Gasteiger charge is -2.29. The Labute approximate surface area is 187 Å². The predicted octanol–water partition coefficient (Wildman–Crippen LogP) is 5.17. The lowest BCUT2D eigenvalue weighted by Crippen LogP contribution is -2.30. The Morgan fingerprint density at radius 1 is 1.21 bits per heavy atom. The summed E-state index contributed by atoms with van der Waals surface area (Å²) in [6.07, 6.45) is 1.77. The van der Waals surface area contributed by atoms with Gasteiger partial charge in [-0.25, -0.2) is 0 Å². The monoisotopic (exact) mass is 524 g/mol. The third-order valence-corrected chi connectivity index (χ3v) is 6.88. The number of thiocarbonyl (C=S) groups is 1. The van der Waals surface area contributed by atoms with Gasteiger partial charge >= 0.3 is 0 Å². The van der Waals surface area contributed by atoms with E-state index < -0.39 is 0 Å². The van der Waals surface area contributed by atoms with Gasteiger partial charge in [0.2, 0.25) is 0 Å². The summed E-state index contributed by atoms with van der Waals surface area (Å²) in [6.45, 7) is 4.10. The third kappa shape index (κ3) is 3.25. The Bertz CT molecular complexity index is 1060. The van der Waals surface area contributed by atoms with Gasteiger partial charge in [-0.05, 0) is 79.0 Å². The zero-order valence-electron chi connectivity index (χ0n) is 15.2. The van der Waals surface area contributed by atoms with Crippen molar-refractivity contribution in [2.45, 2.75) is 25.9 Å². The van der Waals surface area contributed by atoms with Crippen molar-refractivity contribution < 1.29 is 5.11 Å². The molecule has 3 heterocycles. The number of nitrogens with zero attached hydrogens (tertiary/aromatic N) is 2. The summed E-state index contributed by atoms with van der Waals surface area (Å²) < 4.78 is 1.14. The van der Waals surface area contributed by atoms with E-state index in [1.165, 1.54) is 0 Å². The third-order valence-electron chi connectivity index (χ3n) is 4.94. The summed E-state index contributed by atoms with van der Waals surface area (Å²) in [5.74, 6) is 0.125. The van der Waals surface area contributed by atoms with Crippen molar-refractivity contribution in [1.82, 2.24) is 15.3 Å². The van der Waals surface area contributed by atoms with Gasteiger partial charge in [-0.2, -0.15) is 0 Å². The SMILES string of the molecule is Cc1[nH]c(C)c([C@H]2[C@@H](c3ccccn3)NC(=S)N2c2cc(Cl)ccc2O)c1I. The van der Waals surface area contributed by atoms with E-state index in [4.69, 9.17) is 23.8 Å². The number of halogens is 2. The van der Waals surface area contributed by atoms with Gasteiger partial charge in [0.15, 0.2) is 5.11 Å². The van der Waals surface area contributed by atoms with Crippen LogP contribution in [0.15, 0.2) is 42.6 Å². The van der Waals surface area contributed by atoms with Gasteiger partial charge in [0.05, 0.1) is 23.5 Å². The van der Waals surface area contributed by atoms with Gasteiger partial charge < -0.3 is 20.3 Å². The molecule has 144 valence electrons. The Kier molecular flexibility index (Phi) is 5.24. The maximum Gasteiger partial charge on any atom is 0.174 e. The second-order valence-corrected chi connectivity index (χ2v) is 8.63. The summed E-state index contributed by atoms with van der Waals surface area (Å²) in [4.78, 5) is 9.92. The number of H-pyrrole nitrogens is 1. The molecule has 1 aliphatic heterocycles. The number of aromatic amines is 1. The molecule has 1 aliphatic rings. The van der Waals surface area contributed by atoms with E-state index >= 15 is 0 Å². The number of hydrogen-bond donors (Lipinski definition) is 3. The van der Waals surface area contributed by atoms with E-state index in [-0.39, 0.29) is 17.8 Å². The lowest BCUT2D eigenvalue weighted by molar-refractivity contribution is 0.472. The number of nitrogens with one attached hydrogen (secondary N) is 2. The summed E-state index contributed by atoms with van der Waals surface area (Å²) in [5, 5.41) is 15.0. The minimum atomic E-state index is -0.191. The normalized spacial score (nSPS) is 19.1. The summed E-state index contributed by atoms with van der Waals surface area (Å²) in [7, 11) is 0. The molecular formula is C20H18ClIN4OS. The van der Waals surface area contributed by atoms with Crippen LogP contribution in [-0.4, -0.2) is 20.2 Å². The highest BCUT2D eigenvalue weighted by molar-refractivity contribution is 14.1. The zero-order valence-corrected chi connectivity index (χ0v) is 18.9. The molecule has 0 saturated carbocycles. The molecule has 2 aromatic heterocycles. The molecular weight excluding hydrogens is 507 g/mol. The first-order valence-electron chi connectivity index (χ1n) is 8.72. The fourth-order valence-corrected chi connectivity index (χ4v) is 5.08. The van der Waals surface area contributed by atoms with E-state index in [9.17, 15) is 5.11 Å². The second-order valence-electron chi connectivity index (χ2n) is 6.73. The fraction of sp³-hybridized carbons (Fsp3) is 0.200. The lowest BCUT2D eigenvalue weighted by atomic mass is 9.96. The topological polar surface area (TPSA) is 64.2 Å². The molecule has 0 amide bonds. The maximum absolute atomic E-state index is 10.6. The largest absolute Gasteiger partial charge is 0.506 e. The molecule has 1 aromatic carbocycles. The van der Waals surface area contributed by atoms with Crippen LogP contribution in [-0.2, 0) is 0 Å². The highest BCUT2D eigenvalue weighted by atomic mass is 127. The standard InChI is InChI=1S/C20H18ClIN4OS/c1-10-16(17(22)11(2)24-10)19-18(13-5-3-4-8-23-13)25-20(28)26(19)14-9-12(21)6-7-15(14)27/h3-9,18-19,24,27H,1-2H3,(H,25,28)/t18-,19+/m1/s1.